The van der Waals surface area contributed by atoms with E-state index in [2.05, 4.69) is 9.71 Å². The van der Waals surface area contributed by atoms with Gasteiger partial charge in [-0.05, 0) is 48.9 Å². The Balaban J connectivity index is 1.85. The third-order valence-corrected chi connectivity index (χ3v) is 5.73. The van der Waals surface area contributed by atoms with E-state index in [0.29, 0.717) is 5.02 Å². The third-order valence-electron chi connectivity index (χ3n) is 4.06. The topological polar surface area (TPSA) is 62.0 Å². The Bertz CT molecular complexity index is 936. The summed E-state index contributed by atoms with van der Waals surface area (Å²) in [4.78, 5) is 3.42. The molecular weight excluding hydrogens is 356 g/mol. The molecule has 1 heterocycles. The van der Waals surface area contributed by atoms with Gasteiger partial charge in [0.2, 0.25) is 10.0 Å². The predicted octanol–water partition coefficient (Wildman–Crippen LogP) is 4.09. The molecule has 25 heavy (non-hydrogen) atoms. The summed E-state index contributed by atoms with van der Waals surface area (Å²) in [6.45, 7) is 2.15. The smallest absolute Gasteiger partial charge is 0.240 e. The zero-order chi connectivity index (χ0) is 17.9. The van der Waals surface area contributed by atoms with Crippen molar-refractivity contribution >= 4 is 21.6 Å². The molecule has 0 aliphatic rings. The SMILES string of the molecule is Cc1ccc(S(=O)(=O)NCC(c2cccc(Cl)c2)c2ccc[nH]2)cc1. The highest BCUT2D eigenvalue weighted by Gasteiger charge is 2.20. The fraction of sp³-hybridized carbons (Fsp3) is 0.158. The summed E-state index contributed by atoms with van der Waals surface area (Å²) >= 11 is 6.10. The molecule has 0 aliphatic heterocycles. The molecule has 0 radical (unpaired) electrons. The van der Waals surface area contributed by atoms with Gasteiger partial charge in [-0.25, -0.2) is 13.1 Å². The second kappa shape index (κ2) is 7.44. The van der Waals surface area contributed by atoms with Crippen LogP contribution in [0.5, 0.6) is 0 Å². The highest BCUT2D eigenvalue weighted by Crippen LogP contribution is 2.25. The molecule has 1 unspecified atom stereocenters. The van der Waals surface area contributed by atoms with Crippen LogP contribution in [0.4, 0.5) is 0 Å². The van der Waals surface area contributed by atoms with Gasteiger partial charge in [0, 0.05) is 29.4 Å². The van der Waals surface area contributed by atoms with Crippen LogP contribution in [0.1, 0.15) is 22.7 Å². The molecule has 0 saturated heterocycles. The maximum Gasteiger partial charge on any atom is 0.240 e. The van der Waals surface area contributed by atoms with E-state index >= 15 is 0 Å². The first kappa shape index (κ1) is 17.7. The predicted molar refractivity (Wildman–Crippen MR) is 100 cm³/mol. The monoisotopic (exact) mass is 374 g/mol. The van der Waals surface area contributed by atoms with Crippen molar-refractivity contribution in [1.82, 2.24) is 9.71 Å². The van der Waals surface area contributed by atoms with Crippen molar-refractivity contribution in [3.05, 3.63) is 88.7 Å². The van der Waals surface area contributed by atoms with Crippen LogP contribution >= 0.6 is 11.6 Å². The lowest BCUT2D eigenvalue weighted by atomic mass is 9.96. The van der Waals surface area contributed by atoms with Crippen LogP contribution in [0, 0.1) is 6.92 Å². The summed E-state index contributed by atoms with van der Waals surface area (Å²) in [5.41, 5.74) is 2.89. The van der Waals surface area contributed by atoms with Gasteiger partial charge in [0.25, 0.3) is 0 Å². The van der Waals surface area contributed by atoms with Gasteiger partial charge in [0.1, 0.15) is 0 Å². The Morgan fingerprint density at radius 1 is 1.08 bits per heavy atom. The van der Waals surface area contributed by atoms with Crippen LogP contribution < -0.4 is 4.72 Å². The normalized spacial score (nSPS) is 12.9. The second-order valence-corrected chi connectivity index (χ2v) is 8.10. The lowest BCUT2D eigenvalue weighted by Gasteiger charge is -2.18. The first-order chi connectivity index (χ1) is 12.0. The number of hydrogen-bond acceptors (Lipinski definition) is 2. The lowest BCUT2D eigenvalue weighted by Crippen LogP contribution is -2.29. The zero-order valence-electron chi connectivity index (χ0n) is 13.7. The Hall–Kier alpha value is -2.08. The molecule has 0 saturated carbocycles. The molecule has 0 amide bonds. The van der Waals surface area contributed by atoms with Crippen LogP contribution in [0.25, 0.3) is 0 Å². The minimum absolute atomic E-state index is 0.158. The number of aromatic amines is 1. The van der Waals surface area contributed by atoms with Gasteiger partial charge < -0.3 is 4.98 Å². The molecule has 6 heteroatoms. The van der Waals surface area contributed by atoms with Crippen molar-refractivity contribution in [2.24, 2.45) is 0 Å². The molecule has 0 bridgehead atoms. The van der Waals surface area contributed by atoms with Crippen LogP contribution in [-0.4, -0.2) is 19.9 Å². The quantitative estimate of drug-likeness (QED) is 0.682. The molecule has 4 nitrogen and oxygen atoms in total. The van der Waals surface area contributed by atoms with Gasteiger partial charge in [-0.15, -0.1) is 0 Å². The van der Waals surface area contributed by atoms with E-state index in [4.69, 9.17) is 11.6 Å². The minimum atomic E-state index is -3.58. The molecule has 1 aromatic heterocycles. The average molecular weight is 375 g/mol. The number of benzene rings is 2. The fourth-order valence-electron chi connectivity index (χ4n) is 2.69. The summed E-state index contributed by atoms with van der Waals surface area (Å²) in [5, 5.41) is 0.621. The summed E-state index contributed by atoms with van der Waals surface area (Å²) in [6, 6.07) is 18.1. The van der Waals surface area contributed by atoms with Crippen molar-refractivity contribution < 1.29 is 8.42 Å². The summed E-state index contributed by atoms with van der Waals surface area (Å²) in [6.07, 6.45) is 1.82. The Morgan fingerprint density at radius 3 is 2.48 bits per heavy atom. The van der Waals surface area contributed by atoms with Crippen molar-refractivity contribution in [3.63, 3.8) is 0 Å². The molecule has 0 aliphatic carbocycles. The van der Waals surface area contributed by atoms with Gasteiger partial charge >= 0.3 is 0 Å². The van der Waals surface area contributed by atoms with E-state index in [1.807, 2.05) is 43.5 Å². The number of halogens is 1. The summed E-state index contributed by atoms with van der Waals surface area (Å²) < 4.78 is 27.8. The number of H-pyrrole nitrogens is 1. The number of aryl methyl sites for hydroxylation is 1. The van der Waals surface area contributed by atoms with E-state index < -0.39 is 10.0 Å². The molecule has 3 rings (SSSR count). The van der Waals surface area contributed by atoms with Gasteiger partial charge in [0.05, 0.1) is 4.90 Å². The third kappa shape index (κ3) is 4.31. The van der Waals surface area contributed by atoms with Gasteiger partial charge in [0.15, 0.2) is 0 Å². The van der Waals surface area contributed by atoms with Crippen molar-refractivity contribution in [2.45, 2.75) is 17.7 Å². The second-order valence-electron chi connectivity index (χ2n) is 5.90. The van der Waals surface area contributed by atoms with Crippen LogP contribution in [-0.2, 0) is 10.0 Å². The van der Waals surface area contributed by atoms with E-state index in [-0.39, 0.29) is 17.4 Å². The van der Waals surface area contributed by atoms with Crippen LogP contribution in [0.3, 0.4) is 0 Å². The summed E-state index contributed by atoms with van der Waals surface area (Å²) in [5.74, 6) is -0.158. The van der Waals surface area contributed by atoms with E-state index in [1.54, 1.807) is 30.3 Å². The van der Waals surface area contributed by atoms with Gasteiger partial charge in [-0.3, -0.25) is 0 Å². The first-order valence-electron chi connectivity index (χ1n) is 7.91. The molecule has 2 aromatic carbocycles. The Labute approximate surface area is 152 Å². The van der Waals surface area contributed by atoms with Crippen molar-refractivity contribution in [2.75, 3.05) is 6.54 Å². The highest BCUT2D eigenvalue weighted by atomic mass is 35.5. The van der Waals surface area contributed by atoms with E-state index in [0.717, 1.165) is 16.8 Å². The maximum atomic E-state index is 12.6. The van der Waals surface area contributed by atoms with Crippen molar-refractivity contribution in [1.29, 1.82) is 0 Å². The van der Waals surface area contributed by atoms with Crippen LogP contribution in [0.15, 0.2) is 71.8 Å². The summed E-state index contributed by atoms with van der Waals surface area (Å²) in [7, 11) is -3.58. The lowest BCUT2D eigenvalue weighted by molar-refractivity contribution is 0.577. The molecule has 3 aromatic rings. The molecule has 2 N–H and O–H groups in total. The average Bonchev–Trinajstić information content (AvgIpc) is 3.10. The zero-order valence-corrected chi connectivity index (χ0v) is 15.3. The van der Waals surface area contributed by atoms with Crippen LogP contribution in [0.2, 0.25) is 5.02 Å². The molecular formula is C19H19ClN2O2S. The Kier molecular flexibility index (Phi) is 5.27. The largest absolute Gasteiger partial charge is 0.364 e. The first-order valence-corrected chi connectivity index (χ1v) is 9.77. The molecule has 130 valence electrons. The maximum absolute atomic E-state index is 12.6. The fourth-order valence-corrected chi connectivity index (χ4v) is 3.93. The van der Waals surface area contributed by atoms with Crippen molar-refractivity contribution in [3.8, 4) is 0 Å². The molecule has 0 fully saturated rings. The van der Waals surface area contributed by atoms with Gasteiger partial charge in [-0.1, -0.05) is 41.4 Å². The number of hydrogen-bond donors (Lipinski definition) is 2. The number of aromatic nitrogens is 1. The molecule has 1 atom stereocenters. The highest BCUT2D eigenvalue weighted by molar-refractivity contribution is 7.89. The standard InChI is InChI=1S/C19H19ClN2O2S/c1-14-7-9-17(10-8-14)25(23,24)22-13-18(19-6-3-11-21-19)15-4-2-5-16(20)12-15/h2-12,18,21-22H,13H2,1H3. The minimum Gasteiger partial charge on any atom is -0.364 e. The molecule has 0 spiro atoms. The number of nitrogens with one attached hydrogen (secondary N) is 2. The number of rotatable bonds is 6. The Morgan fingerprint density at radius 2 is 1.84 bits per heavy atom. The number of sulfonamides is 1. The van der Waals surface area contributed by atoms with E-state index in [9.17, 15) is 8.42 Å². The van der Waals surface area contributed by atoms with Gasteiger partial charge in [-0.2, -0.15) is 0 Å². The van der Waals surface area contributed by atoms with E-state index in [1.165, 1.54) is 0 Å².